The average molecular weight is 447 g/mol. The molecule has 0 aromatic heterocycles. The smallest absolute Gasteiger partial charge is 0.240 e. The summed E-state index contributed by atoms with van der Waals surface area (Å²) < 4.78 is 0. The first-order chi connectivity index (χ1) is 14.0. The van der Waals surface area contributed by atoms with Gasteiger partial charge in [-0.25, -0.2) is 0 Å². The maximum atomic E-state index is 12.2. The fraction of sp³-hybridized carbons (Fsp3) is 0.100. The Labute approximate surface area is 182 Å². The highest BCUT2D eigenvalue weighted by atomic mass is 35.5. The molecule has 3 rings (SSSR count). The van der Waals surface area contributed by atoms with Crippen molar-refractivity contribution in [3.63, 3.8) is 0 Å². The lowest BCUT2D eigenvalue weighted by Gasteiger charge is -2.09. The molecule has 0 radical (unpaired) electrons. The minimum absolute atomic E-state index is 0.0318. The maximum absolute atomic E-state index is 12.2. The first-order valence-electron chi connectivity index (χ1n) is 8.57. The molecule has 6 nitrogen and oxygen atoms in total. The Morgan fingerprint density at radius 1 is 1.17 bits per heavy atom. The Hall–Kier alpha value is -2.61. The molecule has 2 aromatic rings. The number of hydrogen-bond acceptors (Lipinski definition) is 5. The van der Waals surface area contributed by atoms with Crippen LogP contribution in [0.3, 0.4) is 0 Å². The Morgan fingerprint density at radius 3 is 2.76 bits per heavy atom. The lowest BCUT2D eigenvalue weighted by molar-refractivity contribution is -0.122. The zero-order valence-electron chi connectivity index (χ0n) is 15.0. The molecule has 1 aliphatic rings. The van der Waals surface area contributed by atoms with Crippen LogP contribution in [0.1, 0.15) is 12.0 Å². The van der Waals surface area contributed by atoms with Gasteiger partial charge in [-0.2, -0.15) is 5.10 Å². The van der Waals surface area contributed by atoms with Crippen LogP contribution in [0.5, 0.6) is 0 Å². The number of carbonyl (C=O) groups is 2. The van der Waals surface area contributed by atoms with Gasteiger partial charge < -0.3 is 10.6 Å². The topological polar surface area (TPSA) is 82.9 Å². The van der Waals surface area contributed by atoms with Crippen LogP contribution in [0.2, 0.25) is 10.0 Å². The van der Waals surface area contributed by atoms with E-state index < -0.39 is 5.25 Å². The summed E-state index contributed by atoms with van der Waals surface area (Å²) in [6.07, 6.45) is 5.13. The summed E-state index contributed by atoms with van der Waals surface area (Å²) in [5.74, 6) is -0.645. The second-order valence-corrected chi connectivity index (χ2v) is 7.87. The van der Waals surface area contributed by atoms with Gasteiger partial charge in [0.15, 0.2) is 5.17 Å². The minimum atomic E-state index is -0.596. The molecule has 1 heterocycles. The number of allylic oxidation sites excluding steroid dienone is 1. The predicted octanol–water partition coefficient (Wildman–Crippen LogP) is 4.61. The number of halogens is 2. The standard InChI is InChI=1S/C20H16Cl2N4O2S/c21-14-9-4-10-15(18(14)22)24-17(27)12-16-19(28)25-20(29-16)26-23-11-5-8-13-6-2-1-3-7-13/h1-11,16H,12H2,(H,24,27)(H,25,26,28)/b8-5+,23-11-/t16-/m1/s1. The van der Waals surface area contributed by atoms with Gasteiger partial charge in [-0.05, 0) is 23.8 Å². The fourth-order valence-electron chi connectivity index (χ4n) is 2.40. The van der Waals surface area contributed by atoms with Gasteiger partial charge in [-0.3, -0.25) is 9.59 Å². The van der Waals surface area contributed by atoms with Crippen LogP contribution < -0.4 is 10.6 Å². The zero-order chi connectivity index (χ0) is 20.6. The second-order valence-electron chi connectivity index (χ2n) is 5.89. The number of benzene rings is 2. The third kappa shape index (κ3) is 6.19. The second kappa shape index (κ2) is 10.2. The summed E-state index contributed by atoms with van der Waals surface area (Å²) in [4.78, 5) is 24.3. The summed E-state index contributed by atoms with van der Waals surface area (Å²) in [7, 11) is 0. The number of thioether (sulfide) groups is 1. The van der Waals surface area contributed by atoms with Crippen LogP contribution >= 0.6 is 35.0 Å². The summed E-state index contributed by atoms with van der Waals surface area (Å²) in [5.41, 5.74) is 1.44. The molecule has 2 N–H and O–H groups in total. The Morgan fingerprint density at radius 2 is 1.97 bits per heavy atom. The number of amides is 2. The molecule has 2 aromatic carbocycles. The van der Waals surface area contributed by atoms with Crippen LogP contribution in [0.4, 0.5) is 5.69 Å². The van der Waals surface area contributed by atoms with Crippen molar-refractivity contribution in [2.45, 2.75) is 11.7 Å². The van der Waals surface area contributed by atoms with Crippen molar-refractivity contribution in [3.05, 3.63) is 70.2 Å². The lowest BCUT2D eigenvalue weighted by Crippen LogP contribution is -2.28. The number of hydrogen-bond donors (Lipinski definition) is 2. The van der Waals surface area contributed by atoms with Crippen LogP contribution in [-0.2, 0) is 9.59 Å². The molecule has 1 atom stereocenters. The summed E-state index contributed by atoms with van der Waals surface area (Å²) in [6.45, 7) is 0. The van der Waals surface area contributed by atoms with E-state index in [1.807, 2.05) is 36.4 Å². The van der Waals surface area contributed by atoms with Crippen molar-refractivity contribution in [2.24, 2.45) is 10.2 Å². The highest BCUT2D eigenvalue weighted by Crippen LogP contribution is 2.30. The normalized spacial score (nSPS) is 17.9. The van der Waals surface area contributed by atoms with Gasteiger partial charge in [0.25, 0.3) is 0 Å². The van der Waals surface area contributed by atoms with Crippen molar-refractivity contribution >= 4 is 69.9 Å². The van der Waals surface area contributed by atoms with Gasteiger partial charge in [0.05, 0.1) is 15.7 Å². The van der Waals surface area contributed by atoms with E-state index in [2.05, 4.69) is 20.8 Å². The molecule has 29 heavy (non-hydrogen) atoms. The highest BCUT2D eigenvalue weighted by Gasteiger charge is 2.32. The molecule has 148 valence electrons. The summed E-state index contributed by atoms with van der Waals surface area (Å²) >= 11 is 13.1. The quantitative estimate of drug-likeness (QED) is 0.501. The fourth-order valence-corrected chi connectivity index (χ4v) is 3.67. The van der Waals surface area contributed by atoms with E-state index in [1.54, 1.807) is 24.3 Å². The molecule has 1 fully saturated rings. The van der Waals surface area contributed by atoms with Gasteiger partial charge in [0, 0.05) is 12.6 Å². The van der Waals surface area contributed by atoms with Crippen molar-refractivity contribution in [1.29, 1.82) is 0 Å². The van der Waals surface area contributed by atoms with Crippen molar-refractivity contribution in [3.8, 4) is 0 Å². The number of nitrogens with zero attached hydrogens (tertiary/aromatic N) is 2. The molecule has 0 aliphatic carbocycles. The van der Waals surface area contributed by atoms with Gasteiger partial charge >= 0.3 is 0 Å². The summed E-state index contributed by atoms with van der Waals surface area (Å²) in [5, 5.41) is 13.5. The van der Waals surface area contributed by atoms with Crippen LogP contribution in [0.15, 0.2) is 64.8 Å². The molecule has 0 unspecified atom stereocenters. The first-order valence-corrected chi connectivity index (χ1v) is 10.2. The molecule has 2 amide bonds. The molecular weight excluding hydrogens is 431 g/mol. The largest absolute Gasteiger partial charge is 0.325 e. The van der Waals surface area contributed by atoms with E-state index >= 15 is 0 Å². The van der Waals surface area contributed by atoms with Crippen molar-refractivity contribution < 1.29 is 9.59 Å². The molecular formula is C20H16Cl2N4O2S. The lowest BCUT2D eigenvalue weighted by atomic mass is 10.2. The molecule has 1 saturated heterocycles. The highest BCUT2D eigenvalue weighted by molar-refractivity contribution is 8.15. The van der Waals surface area contributed by atoms with Gasteiger partial charge in [0.1, 0.15) is 5.25 Å². The number of amidine groups is 1. The Bertz CT molecular complexity index is 993. The van der Waals surface area contributed by atoms with E-state index in [1.165, 1.54) is 6.21 Å². The van der Waals surface area contributed by atoms with Crippen LogP contribution in [0.25, 0.3) is 6.08 Å². The van der Waals surface area contributed by atoms with Crippen molar-refractivity contribution in [1.82, 2.24) is 5.32 Å². The van der Waals surface area contributed by atoms with Crippen LogP contribution in [0, 0.1) is 0 Å². The molecule has 0 bridgehead atoms. The van der Waals surface area contributed by atoms with Gasteiger partial charge in [-0.15, -0.1) is 5.10 Å². The molecule has 0 saturated carbocycles. The monoisotopic (exact) mass is 446 g/mol. The average Bonchev–Trinajstić information content (AvgIpc) is 3.05. The zero-order valence-corrected chi connectivity index (χ0v) is 17.3. The molecule has 0 spiro atoms. The summed E-state index contributed by atoms with van der Waals surface area (Å²) in [6, 6.07) is 14.7. The van der Waals surface area contributed by atoms with E-state index in [-0.39, 0.29) is 23.3 Å². The molecule has 9 heteroatoms. The maximum Gasteiger partial charge on any atom is 0.240 e. The SMILES string of the molecule is O=C(C[C@H]1S/C(=N/N=C\C=C\c2ccccc2)NC1=O)Nc1cccc(Cl)c1Cl. The third-order valence-electron chi connectivity index (χ3n) is 3.76. The Balaban J connectivity index is 1.52. The van der Waals surface area contributed by atoms with Crippen LogP contribution in [-0.4, -0.2) is 28.4 Å². The van der Waals surface area contributed by atoms with Gasteiger partial charge in [-0.1, -0.05) is 77.4 Å². The number of carbonyl (C=O) groups excluding carboxylic acids is 2. The van der Waals surface area contributed by atoms with Crippen molar-refractivity contribution in [2.75, 3.05) is 5.32 Å². The third-order valence-corrected chi connectivity index (χ3v) is 5.65. The van der Waals surface area contributed by atoms with E-state index in [9.17, 15) is 9.59 Å². The number of nitrogens with one attached hydrogen (secondary N) is 2. The number of rotatable bonds is 6. The number of anilines is 1. The van der Waals surface area contributed by atoms with E-state index in [0.29, 0.717) is 15.9 Å². The van der Waals surface area contributed by atoms with E-state index in [4.69, 9.17) is 23.2 Å². The minimum Gasteiger partial charge on any atom is -0.325 e. The Kier molecular flexibility index (Phi) is 7.46. The molecule has 1 aliphatic heterocycles. The first kappa shape index (κ1) is 21.1. The van der Waals surface area contributed by atoms with E-state index in [0.717, 1.165) is 17.3 Å². The van der Waals surface area contributed by atoms with Gasteiger partial charge in [0.2, 0.25) is 11.8 Å². The predicted molar refractivity (Wildman–Crippen MR) is 121 cm³/mol.